The highest BCUT2D eigenvalue weighted by molar-refractivity contribution is 8.00. The lowest BCUT2D eigenvalue weighted by molar-refractivity contribution is -0.0782. The third kappa shape index (κ3) is 2.60. The van der Waals surface area contributed by atoms with Crippen molar-refractivity contribution in [2.24, 2.45) is 0 Å². The zero-order valence-electron chi connectivity index (χ0n) is 10.8. The quantitative estimate of drug-likeness (QED) is 0.776. The molecule has 2 aliphatic rings. The Morgan fingerprint density at radius 3 is 2.61 bits per heavy atom. The van der Waals surface area contributed by atoms with E-state index in [-0.39, 0.29) is 5.60 Å². The third-order valence-corrected chi connectivity index (χ3v) is 5.63. The summed E-state index contributed by atoms with van der Waals surface area (Å²) in [6.07, 6.45) is 10.1. The number of hydrogen-bond acceptors (Lipinski definition) is 2. The molecule has 1 aromatic carbocycles. The Kier molecular flexibility index (Phi) is 3.95. The van der Waals surface area contributed by atoms with Crippen LogP contribution < -0.4 is 0 Å². The fourth-order valence-corrected chi connectivity index (χ4v) is 4.58. The Morgan fingerprint density at radius 2 is 1.83 bits per heavy atom. The molecule has 1 aliphatic heterocycles. The predicted octanol–water partition coefficient (Wildman–Crippen LogP) is 4.47. The Balaban J connectivity index is 1.75. The van der Waals surface area contributed by atoms with E-state index in [9.17, 15) is 0 Å². The molecule has 0 N–H and O–H groups in total. The zero-order valence-corrected chi connectivity index (χ0v) is 11.6. The van der Waals surface area contributed by atoms with Crippen LogP contribution >= 0.6 is 11.8 Å². The van der Waals surface area contributed by atoms with Gasteiger partial charge >= 0.3 is 0 Å². The molecule has 1 saturated heterocycles. The normalized spacial score (nSPS) is 27.2. The standard InChI is InChI=1S/C16H21OS/c1-3-8-14(9-4-1)18-15-10-7-13-17-16(15)11-5-2-6-12-16/h1,3-4,7-9,15H,2,5-6,10-13H2/t15-/m1/s1. The van der Waals surface area contributed by atoms with Crippen molar-refractivity contribution in [3.8, 4) is 0 Å². The highest BCUT2D eigenvalue weighted by atomic mass is 32.2. The molecule has 1 spiro atoms. The average molecular weight is 261 g/mol. The topological polar surface area (TPSA) is 9.23 Å². The molecule has 97 valence electrons. The summed E-state index contributed by atoms with van der Waals surface area (Å²) in [7, 11) is 0. The van der Waals surface area contributed by atoms with Crippen LogP contribution in [0.4, 0.5) is 0 Å². The Labute approximate surface area is 114 Å². The maximum atomic E-state index is 6.21. The molecule has 3 rings (SSSR count). The van der Waals surface area contributed by atoms with E-state index >= 15 is 0 Å². The van der Waals surface area contributed by atoms with Crippen LogP contribution in [0.15, 0.2) is 35.2 Å². The van der Waals surface area contributed by atoms with Crippen molar-refractivity contribution < 1.29 is 4.74 Å². The van der Waals surface area contributed by atoms with E-state index in [1.165, 1.54) is 43.4 Å². The van der Waals surface area contributed by atoms with Gasteiger partial charge in [0.1, 0.15) is 0 Å². The summed E-state index contributed by atoms with van der Waals surface area (Å²) in [5.74, 6) is 0. The van der Waals surface area contributed by atoms with E-state index in [0.717, 1.165) is 6.61 Å². The van der Waals surface area contributed by atoms with Gasteiger partial charge in [0.2, 0.25) is 0 Å². The van der Waals surface area contributed by atoms with Gasteiger partial charge in [0.25, 0.3) is 0 Å². The molecule has 1 heterocycles. The molecule has 1 aliphatic carbocycles. The van der Waals surface area contributed by atoms with Gasteiger partial charge < -0.3 is 4.74 Å². The van der Waals surface area contributed by atoms with Gasteiger partial charge in [0, 0.05) is 10.1 Å². The fourth-order valence-electron chi connectivity index (χ4n) is 3.19. The van der Waals surface area contributed by atoms with Crippen LogP contribution in [0.5, 0.6) is 0 Å². The van der Waals surface area contributed by atoms with Crippen molar-refractivity contribution >= 4 is 11.8 Å². The third-order valence-electron chi connectivity index (χ3n) is 4.18. The maximum absolute atomic E-state index is 6.21. The largest absolute Gasteiger partial charge is 0.374 e. The monoisotopic (exact) mass is 261 g/mol. The van der Waals surface area contributed by atoms with E-state index < -0.39 is 0 Å². The molecule has 1 saturated carbocycles. The summed E-state index contributed by atoms with van der Waals surface area (Å²) in [6.45, 7) is 0.853. The summed E-state index contributed by atoms with van der Waals surface area (Å²) in [4.78, 5) is 1.38. The summed E-state index contributed by atoms with van der Waals surface area (Å²) < 4.78 is 6.21. The lowest BCUT2D eigenvalue weighted by Gasteiger charge is -2.46. The van der Waals surface area contributed by atoms with Crippen molar-refractivity contribution in [3.63, 3.8) is 0 Å². The van der Waals surface area contributed by atoms with Gasteiger partial charge in [-0.2, -0.15) is 0 Å². The minimum absolute atomic E-state index is 0.160. The van der Waals surface area contributed by atoms with E-state index in [2.05, 4.69) is 36.8 Å². The summed E-state index contributed by atoms with van der Waals surface area (Å²) in [5.41, 5.74) is 0.160. The van der Waals surface area contributed by atoms with Gasteiger partial charge in [-0.1, -0.05) is 37.5 Å². The molecule has 0 amide bonds. The number of ether oxygens (including phenoxy) is 1. The fraction of sp³-hybridized carbons (Fsp3) is 0.562. The van der Waals surface area contributed by atoms with Crippen LogP contribution in [0.25, 0.3) is 0 Å². The molecule has 1 aromatic rings. The van der Waals surface area contributed by atoms with Crippen molar-refractivity contribution in [3.05, 3.63) is 36.8 Å². The Hall–Kier alpha value is -0.470. The van der Waals surface area contributed by atoms with Crippen LogP contribution in [0, 0.1) is 6.42 Å². The molecule has 18 heavy (non-hydrogen) atoms. The van der Waals surface area contributed by atoms with Gasteiger partial charge in [-0.15, -0.1) is 11.8 Å². The number of rotatable bonds is 2. The molecule has 0 unspecified atom stereocenters. The highest BCUT2D eigenvalue weighted by Crippen LogP contribution is 2.45. The van der Waals surface area contributed by atoms with Gasteiger partial charge in [-0.3, -0.25) is 0 Å². The van der Waals surface area contributed by atoms with Crippen LogP contribution in [-0.2, 0) is 4.74 Å². The lowest BCUT2D eigenvalue weighted by Crippen LogP contribution is -2.48. The van der Waals surface area contributed by atoms with E-state index in [1.807, 2.05) is 11.8 Å². The van der Waals surface area contributed by atoms with E-state index in [1.54, 1.807) is 0 Å². The summed E-state index contributed by atoms with van der Waals surface area (Å²) >= 11 is 2.01. The second kappa shape index (κ2) is 5.66. The molecular formula is C16H21OS. The predicted molar refractivity (Wildman–Crippen MR) is 76.8 cm³/mol. The second-order valence-corrected chi connectivity index (χ2v) is 6.66. The molecule has 0 bridgehead atoms. The molecule has 2 fully saturated rings. The summed E-state index contributed by atoms with van der Waals surface area (Å²) in [5, 5.41) is 0.606. The lowest BCUT2D eigenvalue weighted by atomic mass is 9.79. The number of benzene rings is 1. The molecule has 0 aromatic heterocycles. The van der Waals surface area contributed by atoms with E-state index in [0.29, 0.717) is 5.25 Å². The van der Waals surface area contributed by atoms with Crippen molar-refractivity contribution in [2.45, 2.75) is 54.3 Å². The zero-order chi connectivity index (χ0) is 12.3. The average Bonchev–Trinajstić information content (AvgIpc) is 2.44. The van der Waals surface area contributed by atoms with E-state index in [4.69, 9.17) is 4.74 Å². The maximum Gasteiger partial charge on any atom is 0.0804 e. The molecule has 1 radical (unpaired) electrons. The van der Waals surface area contributed by atoms with Gasteiger partial charge in [-0.05, 0) is 37.8 Å². The number of thioether (sulfide) groups is 1. The highest BCUT2D eigenvalue weighted by Gasteiger charge is 2.43. The Bertz CT molecular complexity index is 362. The first kappa shape index (κ1) is 12.6. The van der Waals surface area contributed by atoms with Gasteiger partial charge in [0.15, 0.2) is 0 Å². The van der Waals surface area contributed by atoms with Crippen LogP contribution in [0.1, 0.15) is 38.5 Å². The molecule has 2 heteroatoms. The molecule has 1 atom stereocenters. The van der Waals surface area contributed by atoms with Gasteiger partial charge in [0.05, 0.1) is 12.2 Å². The smallest absolute Gasteiger partial charge is 0.0804 e. The first-order valence-corrected chi connectivity index (χ1v) is 7.94. The van der Waals surface area contributed by atoms with Crippen molar-refractivity contribution in [1.82, 2.24) is 0 Å². The molecular weight excluding hydrogens is 240 g/mol. The van der Waals surface area contributed by atoms with Gasteiger partial charge in [-0.25, -0.2) is 0 Å². The van der Waals surface area contributed by atoms with Crippen molar-refractivity contribution in [2.75, 3.05) is 6.61 Å². The minimum atomic E-state index is 0.160. The van der Waals surface area contributed by atoms with Crippen LogP contribution in [0.2, 0.25) is 0 Å². The van der Waals surface area contributed by atoms with Crippen molar-refractivity contribution in [1.29, 1.82) is 0 Å². The van der Waals surface area contributed by atoms with Crippen LogP contribution in [0.3, 0.4) is 0 Å². The summed E-state index contributed by atoms with van der Waals surface area (Å²) in [6, 6.07) is 10.8. The number of hydrogen-bond donors (Lipinski definition) is 0. The first-order chi connectivity index (χ1) is 8.89. The first-order valence-electron chi connectivity index (χ1n) is 7.06. The SMILES string of the molecule is [CH]1COC2(CCCCC2)[C@H](Sc2ccccc2)C1. The van der Waals surface area contributed by atoms with Crippen LogP contribution in [-0.4, -0.2) is 17.5 Å². The second-order valence-electron chi connectivity index (χ2n) is 5.38. The molecule has 1 nitrogen and oxygen atoms in total. The minimum Gasteiger partial charge on any atom is -0.374 e. The Morgan fingerprint density at radius 1 is 1.06 bits per heavy atom.